The molecule has 0 spiro atoms. The third-order valence-electron chi connectivity index (χ3n) is 4.73. The Kier molecular flexibility index (Phi) is 6.80. The van der Waals surface area contributed by atoms with Gasteiger partial charge in [0.05, 0.1) is 13.0 Å². The minimum atomic E-state index is -0.0804. The molecular weight excluding hydrogens is 252 g/mol. The van der Waals surface area contributed by atoms with E-state index in [9.17, 15) is 4.79 Å². The molecule has 0 amide bonds. The first-order valence-electron chi connectivity index (χ1n) is 8.43. The van der Waals surface area contributed by atoms with Gasteiger partial charge in [0.1, 0.15) is 0 Å². The molecular formula is C16H30N2O2. The molecule has 1 heterocycles. The Bertz CT molecular complexity index is 290. The fourth-order valence-corrected chi connectivity index (χ4v) is 3.73. The van der Waals surface area contributed by atoms with Gasteiger partial charge in [0.15, 0.2) is 0 Å². The predicted octanol–water partition coefficient (Wildman–Crippen LogP) is 2.23. The van der Waals surface area contributed by atoms with Gasteiger partial charge in [-0.25, -0.2) is 0 Å². The van der Waals surface area contributed by atoms with Gasteiger partial charge in [-0.1, -0.05) is 19.3 Å². The first kappa shape index (κ1) is 15.8. The van der Waals surface area contributed by atoms with Gasteiger partial charge in [0, 0.05) is 18.6 Å². The zero-order valence-corrected chi connectivity index (χ0v) is 12.8. The lowest BCUT2D eigenvalue weighted by molar-refractivity contribution is -0.143. The summed E-state index contributed by atoms with van der Waals surface area (Å²) in [5, 5.41) is 7.32. The van der Waals surface area contributed by atoms with Crippen LogP contribution in [0, 0.1) is 5.92 Å². The minimum absolute atomic E-state index is 0.0804. The fourth-order valence-electron chi connectivity index (χ4n) is 3.73. The van der Waals surface area contributed by atoms with Crippen molar-refractivity contribution >= 4 is 5.97 Å². The van der Waals surface area contributed by atoms with Crippen LogP contribution in [0.25, 0.3) is 0 Å². The summed E-state index contributed by atoms with van der Waals surface area (Å²) < 4.78 is 4.98. The van der Waals surface area contributed by atoms with Gasteiger partial charge < -0.3 is 15.4 Å². The number of carbonyl (C=O) groups is 1. The molecule has 2 rings (SSSR count). The van der Waals surface area contributed by atoms with E-state index in [0.717, 1.165) is 12.5 Å². The van der Waals surface area contributed by atoms with Crippen molar-refractivity contribution in [3.63, 3.8) is 0 Å². The average Bonchev–Trinajstić information content (AvgIpc) is 2.49. The monoisotopic (exact) mass is 282 g/mol. The molecule has 0 aromatic heterocycles. The van der Waals surface area contributed by atoms with Crippen molar-refractivity contribution in [3.05, 3.63) is 0 Å². The Balaban J connectivity index is 1.76. The van der Waals surface area contributed by atoms with Gasteiger partial charge in [0.2, 0.25) is 0 Å². The van der Waals surface area contributed by atoms with Crippen molar-refractivity contribution in [1.29, 1.82) is 0 Å². The molecule has 3 unspecified atom stereocenters. The number of nitrogens with one attached hydrogen (secondary N) is 2. The van der Waals surface area contributed by atoms with Crippen molar-refractivity contribution in [2.75, 3.05) is 19.7 Å². The topological polar surface area (TPSA) is 50.4 Å². The van der Waals surface area contributed by atoms with E-state index < -0.39 is 0 Å². The molecule has 116 valence electrons. The smallest absolute Gasteiger partial charge is 0.307 e. The highest BCUT2D eigenvalue weighted by Gasteiger charge is 2.32. The first-order chi connectivity index (χ1) is 9.81. The number of rotatable bonds is 6. The number of carbonyl (C=O) groups excluding carboxylic acids is 1. The molecule has 2 N–H and O–H groups in total. The molecule has 0 aromatic rings. The van der Waals surface area contributed by atoms with Crippen LogP contribution in [0.2, 0.25) is 0 Å². The second-order valence-corrected chi connectivity index (χ2v) is 6.12. The van der Waals surface area contributed by atoms with Crippen LogP contribution < -0.4 is 10.6 Å². The van der Waals surface area contributed by atoms with E-state index in [4.69, 9.17) is 4.74 Å². The van der Waals surface area contributed by atoms with Gasteiger partial charge >= 0.3 is 5.97 Å². The van der Waals surface area contributed by atoms with Crippen molar-refractivity contribution in [2.45, 2.75) is 70.4 Å². The van der Waals surface area contributed by atoms with Crippen molar-refractivity contribution < 1.29 is 9.53 Å². The number of piperidine rings is 1. The lowest BCUT2D eigenvalue weighted by atomic mass is 9.77. The van der Waals surface area contributed by atoms with Gasteiger partial charge in [0.25, 0.3) is 0 Å². The molecule has 4 nitrogen and oxygen atoms in total. The van der Waals surface area contributed by atoms with E-state index in [1.165, 1.54) is 51.5 Å². The summed E-state index contributed by atoms with van der Waals surface area (Å²) in [7, 11) is 0. The number of hydrogen-bond donors (Lipinski definition) is 2. The molecule has 1 aliphatic carbocycles. The van der Waals surface area contributed by atoms with E-state index in [1.54, 1.807) is 0 Å². The highest BCUT2D eigenvalue weighted by molar-refractivity contribution is 5.69. The maximum absolute atomic E-state index is 11.4. The van der Waals surface area contributed by atoms with Crippen molar-refractivity contribution in [2.24, 2.45) is 5.92 Å². The highest BCUT2D eigenvalue weighted by Crippen LogP contribution is 2.30. The van der Waals surface area contributed by atoms with Gasteiger partial charge in [-0.2, -0.15) is 0 Å². The molecule has 0 aromatic carbocycles. The Morgan fingerprint density at radius 3 is 2.75 bits per heavy atom. The van der Waals surface area contributed by atoms with Crippen LogP contribution in [0.15, 0.2) is 0 Å². The van der Waals surface area contributed by atoms with Crippen LogP contribution >= 0.6 is 0 Å². The highest BCUT2D eigenvalue weighted by atomic mass is 16.5. The number of hydrogen-bond acceptors (Lipinski definition) is 4. The van der Waals surface area contributed by atoms with Crippen LogP contribution in [0.3, 0.4) is 0 Å². The standard InChI is InChI=1S/C16H30N2O2/c1-2-20-16(19)10-12-18-15-8-4-3-7-13(15)14-9-5-6-11-17-14/h13-15,17-18H,2-12H2,1H3. The normalized spacial score (nSPS) is 30.9. The predicted molar refractivity (Wildman–Crippen MR) is 80.6 cm³/mol. The molecule has 1 saturated heterocycles. The Morgan fingerprint density at radius 1 is 1.20 bits per heavy atom. The Hall–Kier alpha value is -0.610. The fraction of sp³-hybridized carbons (Fsp3) is 0.938. The van der Waals surface area contributed by atoms with E-state index in [0.29, 0.717) is 25.1 Å². The molecule has 0 bridgehead atoms. The van der Waals surface area contributed by atoms with Crippen LogP contribution in [-0.2, 0) is 9.53 Å². The summed E-state index contributed by atoms with van der Waals surface area (Å²) in [6.07, 6.45) is 9.77. The Labute approximate surface area is 123 Å². The quantitative estimate of drug-likeness (QED) is 0.734. The first-order valence-corrected chi connectivity index (χ1v) is 8.43. The zero-order chi connectivity index (χ0) is 14.2. The summed E-state index contributed by atoms with van der Waals surface area (Å²) >= 11 is 0. The maximum atomic E-state index is 11.4. The summed E-state index contributed by atoms with van der Waals surface area (Å²) in [6.45, 7) is 4.28. The van der Waals surface area contributed by atoms with Gasteiger partial charge in [-0.05, 0) is 45.1 Å². The average molecular weight is 282 g/mol. The second kappa shape index (κ2) is 8.63. The summed E-state index contributed by atoms with van der Waals surface area (Å²) in [5.41, 5.74) is 0. The number of esters is 1. The summed E-state index contributed by atoms with van der Waals surface area (Å²) in [6, 6.07) is 1.26. The van der Waals surface area contributed by atoms with E-state index in [-0.39, 0.29) is 5.97 Å². The third kappa shape index (κ3) is 4.74. The van der Waals surface area contributed by atoms with Crippen LogP contribution in [0.5, 0.6) is 0 Å². The molecule has 20 heavy (non-hydrogen) atoms. The van der Waals surface area contributed by atoms with Crippen LogP contribution in [0.1, 0.15) is 58.3 Å². The van der Waals surface area contributed by atoms with Gasteiger partial charge in [-0.3, -0.25) is 4.79 Å². The van der Waals surface area contributed by atoms with E-state index >= 15 is 0 Å². The molecule has 1 aliphatic heterocycles. The van der Waals surface area contributed by atoms with Gasteiger partial charge in [-0.15, -0.1) is 0 Å². The lowest BCUT2D eigenvalue weighted by Crippen LogP contribution is -2.50. The molecule has 3 atom stereocenters. The minimum Gasteiger partial charge on any atom is -0.466 e. The van der Waals surface area contributed by atoms with Crippen LogP contribution in [0.4, 0.5) is 0 Å². The Morgan fingerprint density at radius 2 is 2.00 bits per heavy atom. The third-order valence-corrected chi connectivity index (χ3v) is 4.73. The van der Waals surface area contributed by atoms with E-state index in [2.05, 4.69) is 10.6 Å². The molecule has 2 fully saturated rings. The largest absolute Gasteiger partial charge is 0.466 e. The SMILES string of the molecule is CCOC(=O)CCNC1CCCCC1C1CCCCN1. The summed E-state index contributed by atoms with van der Waals surface area (Å²) in [4.78, 5) is 11.4. The molecule has 2 aliphatic rings. The molecule has 4 heteroatoms. The zero-order valence-electron chi connectivity index (χ0n) is 12.8. The van der Waals surface area contributed by atoms with Crippen molar-refractivity contribution in [1.82, 2.24) is 10.6 Å². The second-order valence-electron chi connectivity index (χ2n) is 6.12. The lowest BCUT2D eigenvalue weighted by Gasteiger charge is -2.40. The maximum Gasteiger partial charge on any atom is 0.307 e. The van der Waals surface area contributed by atoms with Crippen LogP contribution in [-0.4, -0.2) is 37.7 Å². The summed E-state index contributed by atoms with van der Waals surface area (Å²) in [5.74, 6) is 0.661. The van der Waals surface area contributed by atoms with E-state index in [1.807, 2.05) is 6.92 Å². The molecule has 0 radical (unpaired) electrons. The van der Waals surface area contributed by atoms with Crippen molar-refractivity contribution in [3.8, 4) is 0 Å². The molecule has 1 saturated carbocycles. The number of ether oxygens (including phenoxy) is 1.